The Morgan fingerprint density at radius 3 is 2.90 bits per heavy atom. The van der Waals surface area contributed by atoms with Crippen molar-refractivity contribution in [1.29, 1.82) is 0 Å². The summed E-state index contributed by atoms with van der Waals surface area (Å²) >= 11 is 0. The van der Waals surface area contributed by atoms with Crippen molar-refractivity contribution < 1.29 is 9.15 Å². The number of pyridine rings is 1. The van der Waals surface area contributed by atoms with Crippen molar-refractivity contribution in [2.75, 3.05) is 19.6 Å². The third kappa shape index (κ3) is 1.69. The van der Waals surface area contributed by atoms with Gasteiger partial charge in [-0.15, -0.1) is 0 Å². The first-order valence-electron chi connectivity index (χ1n) is 7.77. The average Bonchev–Trinajstić information content (AvgIpc) is 3.14. The summed E-state index contributed by atoms with van der Waals surface area (Å²) in [5, 5.41) is 0. The number of hydrogen-bond donors (Lipinski definition) is 0. The highest BCUT2D eigenvalue weighted by molar-refractivity contribution is 5.59. The highest BCUT2D eigenvalue weighted by Gasteiger charge is 2.52. The van der Waals surface area contributed by atoms with Gasteiger partial charge in [0.1, 0.15) is 11.4 Å². The van der Waals surface area contributed by atoms with E-state index in [1.807, 2.05) is 18.3 Å². The Labute approximate surface area is 123 Å². The quantitative estimate of drug-likeness (QED) is 0.806. The minimum atomic E-state index is -0.0202. The molecule has 4 aliphatic heterocycles. The SMILES string of the molecule is c1coc(-c2cnc3c(c2)CC2(CN4CCC2CC4)O3)c1. The van der Waals surface area contributed by atoms with E-state index in [1.54, 1.807) is 6.26 Å². The summed E-state index contributed by atoms with van der Waals surface area (Å²) in [6.45, 7) is 3.53. The van der Waals surface area contributed by atoms with E-state index in [0.29, 0.717) is 5.92 Å². The summed E-state index contributed by atoms with van der Waals surface area (Å²) in [6, 6.07) is 6.07. The van der Waals surface area contributed by atoms with E-state index in [-0.39, 0.29) is 5.60 Å². The fourth-order valence-electron chi connectivity index (χ4n) is 4.29. The monoisotopic (exact) mass is 282 g/mol. The lowest BCUT2D eigenvalue weighted by Crippen LogP contribution is -2.61. The molecule has 0 aromatic carbocycles. The van der Waals surface area contributed by atoms with Crippen LogP contribution in [-0.2, 0) is 6.42 Å². The van der Waals surface area contributed by atoms with Gasteiger partial charge in [-0.2, -0.15) is 0 Å². The van der Waals surface area contributed by atoms with Crippen LogP contribution < -0.4 is 4.74 Å². The fraction of sp³-hybridized carbons (Fsp3) is 0.471. The lowest BCUT2D eigenvalue weighted by Gasteiger charge is -2.50. The fourth-order valence-corrected chi connectivity index (χ4v) is 4.29. The molecule has 21 heavy (non-hydrogen) atoms. The van der Waals surface area contributed by atoms with Crippen molar-refractivity contribution in [3.63, 3.8) is 0 Å². The van der Waals surface area contributed by atoms with Gasteiger partial charge in [0.15, 0.2) is 0 Å². The van der Waals surface area contributed by atoms with E-state index in [9.17, 15) is 0 Å². The van der Waals surface area contributed by atoms with Crippen molar-refractivity contribution in [2.24, 2.45) is 5.92 Å². The molecule has 3 fully saturated rings. The molecule has 6 heterocycles. The molecular formula is C17H18N2O2. The lowest BCUT2D eigenvalue weighted by atomic mass is 9.73. The normalized spacial score (nSPS) is 33.1. The highest BCUT2D eigenvalue weighted by Crippen LogP contribution is 2.46. The Morgan fingerprint density at radius 1 is 1.29 bits per heavy atom. The Kier molecular flexibility index (Phi) is 2.31. The zero-order valence-corrected chi connectivity index (χ0v) is 11.9. The van der Waals surface area contributed by atoms with Crippen LogP contribution >= 0.6 is 0 Å². The summed E-state index contributed by atoms with van der Waals surface area (Å²) in [5.74, 6) is 2.39. The summed E-state index contributed by atoms with van der Waals surface area (Å²) < 4.78 is 11.8. The van der Waals surface area contributed by atoms with Gasteiger partial charge in [0.2, 0.25) is 5.88 Å². The van der Waals surface area contributed by atoms with Crippen LogP contribution in [0.2, 0.25) is 0 Å². The van der Waals surface area contributed by atoms with Gasteiger partial charge in [0.05, 0.1) is 6.26 Å². The molecule has 1 unspecified atom stereocenters. The van der Waals surface area contributed by atoms with Gasteiger partial charge >= 0.3 is 0 Å². The third-order valence-electron chi connectivity index (χ3n) is 5.34. The van der Waals surface area contributed by atoms with Crippen molar-refractivity contribution in [3.8, 4) is 17.2 Å². The van der Waals surface area contributed by atoms with Gasteiger partial charge in [-0.3, -0.25) is 4.90 Å². The van der Waals surface area contributed by atoms with Crippen molar-refractivity contribution in [1.82, 2.24) is 9.88 Å². The first kappa shape index (κ1) is 11.8. The van der Waals surface area contributed by atoms with E-state index in [2.05, 4.69) is 16.0 Å². The maximum Gasteiger partial charge on any atom is 0.217 e. The molecule has 1 atom stereocenters. The van der Waals surface area contributed by atoms with E-state index in [1.165, 1.54) is 31.5 Å². The summed E-state index contributed by atoms with van der Waals surface area (Å²) in [5.41, 5.74) is 2.26. The standard InChI is InChI=1S/C17H18N2O2/c1-2-15(20-7-1)13-8-12-9-17(21-16(12)18-10-13)11-19-5-3-14(17)4-6-19/h1-2,7-8,10,14H,3-6,9,11H2. The number of hydrogen-bond acceptors (Lipinski definition) is 4. The molecule has 6 rings (SSSR count). The number of rotatable bonds is 1. The van der Waals surface area contributed by atoms with Gasteiger partial charge < -0.3 is 9.15 Å². The lowest BCUT2D eigenvalue weighted by molar-refractivity contribution is -0.0814. The molecule has 0 aliphatic carbocycles. The van der Waals surface area contributed by atoms with Crippen LogP contribution in [0.25, 0.3) is 11.3 Å². The second-order valence-corrected chi connectivity index (χ2v) is 6.56. The van der Waals surface area contributed by atoms with Crippen LogP contribution in [0.1, 0.15) is 18.4 Å². The molecule has 4 nitrogen and oxygen atoms in total. The van der Waals surface area contributed by atoms with Gasteiger partial charge in [0.25, 0.3) is 0 Å². The van der Waals surface area contributed by atoms with Crippen LogP contribution in [0.5, 0.6) is 5.88 Å². The van der Waals surface area contributed by atoms with E-state index < -0.39 is 0 Å². The van der Waals surface area contributed by atoms with Gasteiger partial charge in [-0.25, -0.2) is 4.98 Å². The Bertz CT molecular complexity index is 674. The molecule has 3 saturated heterocycles. The first-order chi connectivity index (χ1) is 10.3. The van der Waals surface area contributed by atoms with Crippen molar-refractivity contribution in [3.05, 3.63) is 36.2 Å². The van der Waals surface area contributed by atoms with Crippen LogP contribution in [0, 0.1) is 5.92 Å². The molecule has 108 valence electrons. The maximum atomic E-state index is 6.36. The molecule has 1 spiro atoms. The molecule has 2 aromatic rings. The van der Waals surface area contributed by atoms with Crippen molar-refractivity contribution >= 4 is 0 Å². The number of piperidine rings is 3. The maximum absolute atomic E-state index is 6.36. The van der Waals surface area contributed by atoms with E-state index in [4.69, 9.17) is 9.15 Å². The molecule has 0 N–H and O–H groups in total. The van der Waals surface area contributed by atoms with E-state index in [0.717, 1.165) is 30.2 Å². The minimum absolute atomic E-state index is 0.0202. The van der Waals surface area contributed by atoms with Gasteiger partial charge in [0, 0.05) is 36.2 Å². The smallest absolute Gasteiger partial charge is 0.217 e. The highest BCUT2D eigenvalue weighted by atomic mass is 16.5. The molecule has 0 saturated carbocycles. The summed E-state index contributed by atoms with van der Waals surface area (Å²) in [7, 11) is 0. The average molecular weight is 282 g/mol. The second-order valence-electron chi connectivity index (χ2n) is 6.56. The Hall–Kier alpha value is -1.81. The predicted octanol–water partition coefficient (Wildman–Crippen LogP) is 2.74. The molecular weight excluding hydrogens is 264 g/mol. The molecule has 4 heteroatoms. The zero-order valence-electron chi connectivity index (χ0n) is 11.9. The zero-order chi connectivity index (χ0) is 13.9. The predicted molar refractivity (Wildman–Crippen MR) is 78.2 cm³/mol. The molecule has 4 aliphatic rings. The molecule has 2 bridgehead atoms. The van der Waals surface area contributed by atoms with Crippen molar-refractivity contribution in [2.45, 2.75) is 24.9 Å². The number of nitrogens with zero attached hydrogens (tertiary/aromatic N) is 2. The minimum Gasteiger partial charge on any atom is -0.469 e. The number of ether oxygens (including phenoxy) is 1. The third-order valence-corrected chi connectivity index (χ3v) is 5.34. The van der Waals surface area contributed by atoms with Crippen LogP contribution in [-0.4, -0.2) is 35.1 Å². The molecule has 0 radical (unpaired) electrons. The Balaban J connectivity index is 1.51. The molecule has 0 amide bonds. The number of fused-ring (bicyclic) bond motifs is 3. The second kappa shape index (κ2) is 4.10. The Morgan fingerprint density at radius 2 is 2.19 bits per heavy atom. The largest absolute Gasteiger partial charge is 0.469 e. The summed E-state index contributed by atoms with van der Waals surface area (Å²) in [6.07, 6.45) is 7.08. The van der Waals surface area contributed by atoms with Gasteiger partial charge in [-0.05, 0) is 44.1 Å². The summed E-state index contributed by atoms with van der Waals surface area (Å²) in [4.78, 5) is 7.09. The van der Waals surface area contributed by atoms with Crippen LogP contribution in [0.3, 0.4) is 0 Å². The topological polar surface area (TPSA) is 38.5 Å². The first-order valence-corrected chi connectivity index (χ1v) is 7.77. The molecule has 2 aromatic heterocycles. The van der Waals surface area contributed by atoms with Gasteiger partial charge in [-0.1, -0.05) is 0 Å². The number of furan rings is 1. The van der Waals surface area contributed by atoms with Crippen LogP contribution in [0.4, 0.5) is 0 Å². The number of aromatic nitrogens is 1. The van der Waals surface area contributed by atoms with E-state index >= 15 is 0 Å². The van der Waals surface area contributed by atoms with Crippen LogP contribution in [0.15, 0.2) is 35.1 Å².